The molecule has 82 valence electrons. The molecule has 0 aliphatic carbocycles. The minimum absolute atomic E-state index is 0.176. The molecule has 3 heteroatoms. The summed E-state index contributed by atoms with van der Waals surface area (Å²) in [4.78, 5) is 0. The fourth-order valence-corrected chi connectivity index (χ4v) is 1.14. The molecule has 0 aromatic heterocycles. The van der Waals surface area contributed by atoms with E-state index >= 15 is 0 Å². The maximum absolute atomic E-state index is 13.5. The van der Waals surface area contributed by atoms with Crippen LogP contribution in [0.2, 0.25) is 0 Å². The summed E-state index contributed by atoms with van der Waals surface area (Å²) in [5.74, 6) is -0.162. The van der Waals surface area contributed by atoms with E-state index in [0.29, 0.717) is 0 Å². The van der Waals surface area contributed by atoms with Gasteiger partial charge in [-0.15, -0.1) is 0 Å². The summed E-state index contributed by atoms with van der Waals surface area (Å²) in [6, 6.07) is 4.58. The quantitative estimate of drug-likeness (QED) is 0.774. The minimum Gasteiger partial charge on any atom is -0.484 e. The summed E-state index contributed by atoms with van der Waals surface area (Å²) >= 11 is 0. The zero-order valence-corrected chi connectivity index (χ0v) is 9.03. The van der Waals surface area contributed by atoms with E-state index < -0.39 is 5.82 Å². The summed E-state index contributed by atoms with van der Waals surface area (Å²) in [7, 11) is 0. The molecule has 2 nitrogen and oxygen atoms in total. The Morgan fingerprint density at radius 1 is 1.47 bits per heavy atom. The number of hydrogen-bond donors (Lipinski definition) is 1. The minimum atomic E-state index is -0.390. The normalized spacial score (nSPS) is 14.4. The van der Waals surface area contributed by atoms with Gasteiger partial charge in [0, 0.05) is 6.04 Å². The van der Waals surface area contributed by atoms with Crippen molar-refractivity contribution in [3.8, 4) is 5.75 Å². The monoisotopic (exact) mass is 209 g/mol. The first-order chi connectivity index (χ1) is 7.04. The third-order valence-electron chi connectivity index (χ3n) is 2.13. The van der Waals surface area contributed by atoms with Gasteiger partial charge in [0.15, 0.2) is 11.6 Å². The number of rotatable bonds is 4. The van der Waals surface area contributed by atoms with Crippen molar-refractivity contribution in [2.75, 3.05) is 0 Å². The lowest BCUT2D eigenvalue weighted by atomic mass is 10.1. The SMILES string of the molecule is C=CC(C)Oc1ccc(C(C)N)cc1F. The van der Waals surface area contributed by atoms with Crippen LogP contribution in [0.4, 0.5) is 4.39 Å². The van der Waals surface area contributed by atoms with Crippen molar-refractivity contribution in [3.05, 3.63) is 42.2 Å². The van der Waals surface area contributed by atoms with Crippen LogP contribution in [-0.4, -0.2) is 6.10 Å². The van der Waals surface area contributed by atoms with Crippen LogP contribution < -0.4 is 10.5 Å². The fraction of sp³-hybridized carbons (Fsp3) is 0.333. The molecule has 0 radical (unpaired) electrons. The summed E-state index contributed by atoms with van der Waals surface area (Å²) in [5.41, 5.74) is 6.39. The summed E-state index contributed by atoms with van der Waals surface area (Å²) in [6.07, 6.45) is 1.40. The summed E-state index contributed by atoms with van der Waals surface area (Å²) in [5, 5.41) is 0. The van der Waals surface area contributed by atoms with E-state index in [1.165, 1.54) is 6.07 Å². The van der Waals surface area contributed by atoms with Gasteiger partial charge in [-0.05, 0) is 31.5 Å². The van der Waals surface area contributed by atoms with Gasteiger partial charge in [0.25, 0.3) is 0 Å². The van der Waals surface area contributed by atoms with Gasteiger partial charge in [-0.3, -0.25) is 0 Å². The van der Waals surface area contributed by atoms with Crippen LogP contribution in [0.5, 0.6) is 5.75 Å². The molecule has 0 fully saturated rings. The van der Waals surface area contributed by atoms with Crippen molar-refractivity contribution in [1.82, 2.24) is 0 Å². The highest BCUT2D eigenvalue weighted by Crippen LogP contribution is 2.22. The largest absolute Gasteiger partial charge is 0.484 e. The van der Waals surface area contributed by atoms with Crippen LogP contribution in [0.15, 0.2) is 30.9 Å². The molecule has 2 unspecified atom stereocenters. The Kier molecular flexibility index (Phi) is 3.86. The lowest BCUT2D eigenvalue weighted by Gasteiger charge is -2.13. The molecule has 1 aromatic rings. The van der Waals surface area contributed by atoms with Gasteiger partial charge in [0.1, 0.15) is 6.10 Å². The Hall–Kier alpha value is -1.35. The zero-order chi connectivity index (χ0) is 11.4. The van der Waals surface area contributed by atoms with Crippen molar-refractivity contribution in [3.63, 3.8) is 0 Å². The van der Waals surface area contributed by atoms with Gasteiger partial charge in [-0.1, -0.05) is 18.7 Å². The van der Waals surface area contributed by atoms with E-state index in [4.69, 9.17) is 10.5 Å². The first-order valence-electron chi connectivity index (χ1n) is 4.89. The average Bonchev–Trinajstić information content (AvgIpc) is 2.20. The number of hydrogen-bond acceptors (Lipinski definition) is 2. The average molecular weight is 209 g/mol. The number of benzene rings is 1. The highest BCUT2D eigenvalue weighted by atomic mass is 19.1. The highest BCUT2D eigenvalue weighted by molar-refractivity contribution is 5.31. The second kappa shape index (κ2) is 4.94. The van der Waals surface area contributed by atoms with Crippen LogP contribution >= 0.6 is 0 Å². The number of ether oxygens (including phenoxy) is 1. The van der Waals surface area contributed by atoms with E-state index in [9.17, 15) is 4.39 Å². The Balaban J connectivity index is 2.88. The molecule has 0 amide bonds. The van der Waals surface area contributed by atoms with Gasteiger partial charge in [0.2, 0.25) is 0 Å². The molecule has 15 heavy (non-hydrogen) atoms. The standard InChI is InChI=1S/C12H16FNO/c1-4-8(2)15-12-6-5-10(9(3)14)7-11(12)13/h4-9H,1,14H2,2-3H3. The molecule has 1 rings (SSSR count). The maximum atomic E-state index is 13.5. The predicted octanol–water partition coefficient (Wildman–Crippen LogP) is 2.80. The molecule has 0 aliphatic rings. The Morgan fingerprint density at radius 2 is 2.13 bits per heavy atom. The van der Waals surface area contributed by atoms with E-state index in [1.807, 2.05) is 6.92 Å². The second-order valence-electron chi connectivity index (χ2n) is 3.54. The zero-order valence-electron chi connectivity index (χ0n) is 9.03. The van der Waals surface area contributed by atoms with Gasteiger partial charge in [-0.2, -0.15) is 0 Å². The van der Waals surface area contributed by atoms with Crippen molar-refractivity contribution in [1.29, 1.82) is 0 Å². The van der Waals surface area contributed by atoms with Crippen molar-refractivity contribution < 1.29 is 9.13 Å². The van der Waals surface area contributed by atoms with Crippen molar-refractivity contribution >= 4 is 0 Å². The molecule has 0 aliphatic heterocycles. The van der Waals surface area contributed by atoms with E-state index in [-0.39, 0.29) is 17.9 Å². The molecular formula is C12H16FNO. The molecule has 0 spiro atoms. The van der Waals surface area contributed by atoms with Crippen LogP contribution in [0.1, 0.15) is 25.5 Å². The Labute approximate surface area is 89.6 Å². The molecular weight excluding hydrogens is 193 g/mol. The molecule has 1 aromatic carbocycles. The fourth-order valence-electron chi connectivity index (χ4n) is 1.14. The Bertz CT molecular complexity index is 349. The molecule has 0 bridgehead atoms. The first kappa shape index (κ1) is 11.7. The second-order valence-corrected chi connectivity index (χ2v) is 3.54. The van der Waals surface area contributed by atoms with E-state index in [1.54, 1.807) is 25.1 Å². The predicted molar refractivity (Wildman–Crippen MR) is 59.3 cm³/mol. The van der Waals surface area contributed by atoms with Gasteiger partial charge >= 0.3 is 0 Å². The lowest BCUT2D eigenvalue weighted by molar-refractivity contribution is 0.257. The highest BCUT2D eigenvalue weighted by Gasteiger charge is 2.08. The Morgan fingerprint density at radius 3 is 2.60 bits per heavy atom. The van der Waals surface area contributed by atoms with Crippen molar-refractivity contribution in [2.24, 2.45) is 5.73 Å². The van der Waals surface area contributed by atoms with Crippen LogP contribution in [0.25, 0.3) is 0 Å². The lowest BCUT2D eigenvalue weighted by Crippen LogP contribution is -2.10. The van der Waals surface area contributed by atoms with Crippen molar-refractivity contribution in [2.45, 2.75) is 26.0 Å². The molecule has 2 atom stereocenters. The van der Waals surface area contributed by atoms with Gasteiger partial charge < -0.3 is 10.5 Å². The third-order valence-corrected chi connectivity index (χ3v) is 2.13. The van der Waals surface area contributed by atoms with Crippen LogP contribution in [0, 0.1) is 5.82 Å². The molecule has 0 saturated carbocycles. The third kappa shape index (κ3) is 3.06. The molecule has 0 saturated heterocycles. The van der Waals surface area contributed by atoms with Gasteiger partial charge in [-0.25, -0.2) is 4.39 Å². The van der Waals surface area contributed by atoms with Crippen LogP contribution in [-0.2, 0) is 0 Å². The topological polar surface area (TPSA) is 35.2 Å². The molecule has 2 N–H and O–H groups in total. The first-order valence-corrected chi connectivity index (χ1v) is 4.89. The van der Waals surface area contributed by atoms with Crippen LogP contribution in [0.3, 0.4) is 0 Å². The smallest absolute Gasteiger partial charge is 0.165 e. The van der Waals surface area contributed by atoms with E-state index in [2.05, 4.69) is 6.58 Å². The summed E-state index contributed by atoms with van der Waals surface area (Å²) < 4.78 is 18.8. The summed E-state index contributed by atoms with van der Waals surface area (Å²) in [6.45, 7) is 7.17. The van der Waals surface area contributed by atoms with Gasteiger partial charge in [0.05, 0.1) is 0 Å². The number of halogens is 1. The maximum Gasteiger partial charge on any atom is 0.165 e. The number of nitrogens with two attached hydrogens (primary N) is 1. The van der Waals surface area contributed by atoms with E-state index in [0.717, 1.165) is 5.56 Å². The molecule has 0 heterocycles.